The van der Waals surface area contributed by atoms with Crippen LogP contribution in [-0.2, 0) is 21.7 Å². The van der Waals surface area contributed by atoms with Crippen molar-refractivity contribution in [1.82, 2.24) is 0 Å². The number of hydrogen-bond donors (Lipinski definition) is 1. The molecule has 0 aliphatic heterocycles. The van der Waals surface area contributed by atoms with E-state index in [1.54, 1.807) is 0 Å². The molecule has 0 amide bonds. The van der Waals surface area contributed by atoms with Crippen molar-refractivity contribution >= 4 is 16.3 Å². The van der Waals surface area contributed by atoms with Gasteiger partial charge < -0.3 is 29.9 Å². The van der Waals surface area contributed by atoms with Gasteiger partial charge in [0.05, 0.1) is 6.10 Å². The summed E-state index contributed by atoms with van der Waals surface area (Å²) in [6.07, 6.45) is 4.96. The van der Waals surface area contributed by atoms with Crippen LogP contribution in [-0.4, -0.2) is 5.11 Å². The molecule has 1 aliphatic carbocycles. The molecule has 2 aromatic carbocycles. The molecule has 22 heavy (non-hydrogen) atoms. The van der Waals surface area contributed by atoms with Gasteiger partial charge in [0.2, 0.25) is 0 Å². The molecule has 3 rings (SSSR count). The molecule has 4 heteroatoms. The third-order valence-corrected chi connectivity index (χ3v) is 3.78. The van der Waals surface area contributed by atoms with Gasteiger partial charge in [0.15, 0.2) is 0 Å². The van der Waals surface area contributed by atoms with E-state index in [1.807, 2.05) is 19.1 Å². The van der Waals surface area contributed by atoms with Crippen LogP contribution in [0.2, 0.25) is 0 Å². The molecule has 1 unspecified atom stereocenters. The maximum Gasteiger partial charge on any atom is 2.00 e. The minimum atomic E-state index is -0.456. The molecule has 0 saturated heterocycles. The summed E-state index contributed by atoms with van der Waals surface area (Å²) >= 11 is 0. The van der Waals surface area contributed by atoms with E-state index in [1.165, 1.54) is 22.1 Å². The molecular formula is C18H18Cl2OTi. The number of hydrogen-bond acceptors (Lipinski definition) is 1. The van der Waals surface area contributed by atoms with E-state index in [0.717, 1.165) is 17.4 Å². The Hall–Kier alpha value is -0.566. The molecule has 2 aromatic rings. The minimum absolute atomic E-state index is 0. The Morgan fingerprint density at radius 1 is 1.05 bits per heavy atom. The van der Waals surface area contributed by atoms with E-state index in [9.17, 15) is 5.11 Å². The first-order chi connectivity index (χ1) is 9.16. The summed E-state index contributed by atoms with van der Waals surface area (Å²) in [5.74, 6) is 0. The number of benzene rings is 2. The van der Waals surface area contributed by atoms with Crippen molar-refractivity contribution in [1.29, 1.82) is 0 Å². The largest absolute Gasteiger partial charge is 2.00 e. The van der Waals surface area contributed by atoms with Gasteiger partial charge in [0, 0.05) is 0 Å². The summed E-state index contributed by atoms with van der Waals surface area (Å²) in [7, 11) is 0. The van der Waals surface area contributed by atoms with Gasteiger partial charge in [-0.2, -0.15) is 0 Å². The van der Waals surface area contributed by atoms with Gasteiger partial charge in [-0.25, -0.2) is 0 Å². The fraction of sp³-hybridized carbons (Fsp3) is 0.222. The molecule has 1 nitrogen and oxygen atoms in total. The maximum atomic E-state index is 10.2. The molecular weight excluding hydrogens is 351 g/mol. The Kier molecular flexibility index (Phi) is 8.68. The van der Waals surface area contributed by atoms with Crippen LogP contribution in [0, 0.1) is 0 Å². The Bertz CT molecular complexity index is 705. The van der Waals surface area contributed by atoms with Crippen LogP contribution in [0.5, 0.6) is 0 Å². The second kappa shape index (κ2) is 8.91. The SMILES string of the molecule is CC1=CCC(c2ccc3ccccc3c2C(C)O)=C1.[Cl-].[Cl-].[Ti+2]. The molecule has 0 saturated carbocycles. The van der Waals surface area contributed by atoms with E-state index in [4.69, 9.17) is 0 Å². The number of aliphatic hydroxyl groups excluding tert-OH is 1. The van der Waals surface area contributed by atoms with Gasteiger partial charge >= 0.3 is 21.7 Å². The summed E-state index contributed by atoms with van der Waals surface area (Å²) in [4.78, 5) is 0. The molecule has 0 spiro atoms. The average molecular weight is 369 g/mol. The Morgan fingerprint density at radius 2 is 1.73 bits per heavy atom. The predicted molar refractivity (Wildman–Crippen MR) is 80.9 cm³/mol. The summed E-state index contributed by atoms with van der Waals surface area (Å²) in [6, 6.07) is 12.5. The second-order valence-corrected chi connectivity index (χ2v) is 5.25. The average Bonchev–Trinajstić information content (AvgIpc) is 2.83. The van der Waals surface area contributed by atoms with Crippen molar-refractivity contribution in [2.24, 2.45) is 0 Å². The van der Waals surface area contributed by atoms with Crippen LogP contribution in [0.1, 0.15) is 37.5 Å². The van der Waals surface area contributed by atoms with Gasteiger partial charge in [-0.15, -0.1) is 0 Å². The van der Waals surface area contributed by atoms with Gasteiger partial charge in [0.25, 0.3) is 0 Å². The Balaban J connectivity index is 0.00000147. The fourth-order valence-electron chi connectivity index (χ4n) is 2.88. The summed E-state index contributed by atoms with van der Waals surface area (Å²) in [5.41, 5.74) is 4.84. The number of rotatable bonds is 2. The quantitative estimate of drug-likeness (QED) is 0.649. The maximum absolute atomic E-state index is 10.2. The smallest absolute Gasteiger partial charge is 1.00 e. The standard InChI is InChI=1S/C18H18O.2ClH.Ti/c1-12-7-8-15(11-12)17-10-9-14-5-3-4-6-16(14)18(17)13(2)19;;;/h3-7,9-11,13,19H,8H2,1-2H3;2*1H;/q;;;+2/p-2. The Morgan fingerprint density at radius 3 is 2.32 bits per heavy atom. The molecule has 0 radical (unpaired) electrons. The van der Waals surface area contributed by atoms with Crippen LogP contribution in [0.25, 0.3) is 16.3 Å². The van der Waals surface area contributed by atoms with Gasteiger partial charge in [-0.1, -0.05) is 54.1 Å². The molecule has 0 bridgehead atoms. The van der Waals surface area contributed by atoms with E-state index < -0.39 is 6.10 Å². The molecule has 0 heterocycles. The number of aliphatic hydroxyl groups is 1. The topological polar surface area (TPSA) is 20.2 Å². The van der Waals surface area contributed by atoms with Crippen LogP contribution < -0.4 is 24.8 Å². The third-order valence-electron chi connectivity index (χ3n) is 3.78. The fourth-order valence-corrected chi connectivity index (χ4v) is 2.88. The van der Waals surface area contributed by atoms with Crippen LogP contribution in [0.15, 0.2) is 54.1 Å². The van der Waals surface area contributed by atoms with Crippen molar-refractivity contribution in [2.45, 2.75) is 26.4 Å². The molecule has 0 fully saturated rings. The summed E-state index contributed by atoms with van der Waals surface area (Å²) in [6.45, 7) is 3.97. The molecule has 1 atom stereocenters. The first-order valence-electron chi connectivity index (χ1n) is 6.74. The Labute approximate surface area is 159 Å². The van der Waals surface area contributed by atoms with Crippen molar-refractivity contribution in [2.75, 3.05) is 0 Å². The van der Waals surface area contributed by atoms with E-state index >= 15 is 0 Å². The summed E-state index contributed by atoms with van der Waals surface area (Å²) < 4.78 is 0. The van der Waals surface area contributed by atoms with E-state index in [-0.39, 0.29) is 46.5 Å². The normalized spacial score (nSPS) is 14.1. The molecule has 114 valence electrons. The number of allylic oxidation sites excluding steroid dienone is 4. The van der Waals surface area contributed by atoms with Crippen molar-refractivity contribution in [3.8, 4) is 0 Å². The zero-order valence-electron chi connectivity index (χ0n) is 12.6. The van der Waals surface area contributed by atoms with Gasteiger partial charge in [-0.3, -0.25) is 0 Å². The van der Waals surface area contributed by atoms with Crippen molar-refractivity contribution < 1.29 is 51.6 Å². The monoisotopic (exact) mass is 368 g/mol. The third kappa shape index (κ3) is 4.04. The number of fused-ring (bicyclic) bond motifs is 1. The molecule has 0 aromatic heterocycles. The first kappa shape index (κ1) is 21.4. The molecule has 1 aliphatic rings. The zero-order chi connectivity index (χ0) is 13.4. The predicted octanol–water partition coefficient (Wildman–Crippen LogP) is -1.37. The van der Waals surface area contributed by atoms with Crippen molar-refractivity contribution in [3.63, 3.8) is 0 Å². The van der Waals surface area contributed by atoms with E-state index in [2.05, 4.69) is 43.3 Å². The second-order valence-electron chi connectivity index (χ2n) is 5.25. The first-order valence-corrected chi connectivity index (χ1v) is 6.74. The minimum Gasteiger partial charge on any atom is -1.00 e. The summed E-state index contributed by atoms with van der Waals surface area (Å²) in [5, 5.41) is 12.5. The van der Waals surface area contributed by atoms with Crippen LogP contribution in [0.4, 0.5) is 0 Å². The van der Waals surface area contributed by atoms with Crippen LogP contribution >= 0.6 is 0 Å². The molecule has 1 N–H and O–H groups in total. The van der Waals surface area contributed by atoms with Gasteiger partial charge in [-0.05, 0) is 47.7 Å². The number of halogens is 2. The van der Waals surface area contributed by atoms with Gasteiger partial charge in [0.1, 0.15) is 0 Å². The van der Waals surface area contributed by atoms with Crippen LogP contribution in [0.3, 0.4) is 0 Å². The zero-order valence-corrected chi connectivity index (χ0v) is 15.7. The van der Waals surface area contributed by atoms with E-state index in [0.29, 0.717) is 0 Å². The van der Waals surface area contributed by atoms with Crippen molar-refractivity contribution in [3.05, 3.63) is 65.3 Å².